The number of nitro groups is 1. The lowest BCUT2D eigenvalue weighted by atomic mass is 10.2. The number of piperazine rings is 1. The van der Waals surface area contributed by atoms with Gasteiger partial charge in [0.25, 0.3) is 5.69 Å². The molecule has 108 valence electrons. The van der Waals surface area contributed by atoms with Crippen LogP contribution in [-0.2, 0) is 4.79 Å². The number of nitrogens with zero attached hydrogens (tertiary/aromatic N) is 3. The van der Waals surface area contributed by atoms with Gasteiger partial charge in [-0.3, -0.25) is 14.9 Å². The van der Waals surface area contributed by atoms with Crippen molar-refractivity contribution in [2.45, 2.75) is 12.3 Å². The first-order valence-electron chi connectivity index (χ1n) is 6.41. The lowest BCUT2D eigenvalue weighted by Crippen LogP contribution is -2.50. The largest absolute Gasteiger partial charge is 0.368 e. The van der Waals surface area contributed by atoms with Crippen molar-refractivity contribution < 1.29 is 9.72 Å². The Morgan fingerprint density at radius 1 is 1.25 bits per heavy atom. The Balaban J connectivity index is 1.97. The van der Waals surface area contributed by atoms with Crippen LogP contribution < -0.4 is 4.90 Å². The SMILES string of the molecule is CC(Cl)C(=O)N1CCN(c2ccc([N+](=O)[O-])cc2)CC1. The molecule has 0 aromatic heterocycles. The van der Waals surface area contributed by atoms with Gasteiger partial charge in [-0.2, -0.15) is 0 Å². The summed E-state index contributed by atoms with van der Waals surface area (Å²) < 4.78 is 0. The van der Waals surface area contributed by atoms with Gasteiger partial charge in [0.15, 0.2) is 0 Å². The first-order valence-corrected chi connectivity index (χ1v) is 6.85. The molecule has 20 heavy (non-hydrogen) atoms. The highest BCUT2D eigenvalue weighted by atomic mass is 35.5. The molecule has 1 aliphatic heterocycles. The molecule has 1 aromatic carbocycles. The fourth-order valence-corrected chi connectivity index (χ4v) is 2.36. The zero-order chi connectivity index (χ0) is 14.7. The van der Waals surface area contributed by atoms with E-state index in [1.165, 1.54) is 12.1 Å². The van der Waals surface area contributed by atoms with Gasteiger partial charge in [-0.25, -0.2) is 0 Å². The summed E-state index contributed by atoms with van der Waals surface area (Å²) in [6, 6.07) is 6.46. The molecule has 1 saturated heterocycles. The number of non-ortho nitro benzene ring substituents is 1. The number of carbonyl (C=O) groups excluding carboxylic acids is 1. The second kappa shape index (κ2) is 6.09. The second-order valence-corrected chi connectivity index (χ2v) is 5.36. The van der Waals surface area contributed by atoms with E-state index in [-0.39, 0.29) is 11.6 Å². The molecule has 1 aromatic rings. The van der Waals surface area contributed by atoms with Crippen molar-refractivity contribution in [3.8, 4) is 0 Å². The molecular weight excluding hydrogens is 282 g/mol. The van der Waals surface area contributed by atoms with E-state index in [1.807, 2.05) is 0 Å². The maximum Gasteiger partial charge on any atom is 0.269 e. The molecule has 1 fully saturated rings. The molecule has 0 saturated carbocycles. The van der Waals surface area contributed by atoms with Crippen molar-refractivity contribution >= 4 is 28.9 Å². The molecule has 2 rings (SSSR count). The quantitative estimate of drug-likeness (QED) is 0.485. The first kappa shape index (κ1) is 14.6. The minimum atomic E-state index is -0.499. The third-order valence-electron chi connectivity index (χ3n) is 3.36. The molecule has 0 spiro atoms. The number of halogens is 1. The Kier molecular flexibility index (Phi) is 4.44. The van der Waals surface area contributed by atoms with E-state index in [1.54, 1.807) is 24.0 Å². The average molecular weight is 298 g/mol. The number of nitro benzene ring substituents is 1. The Labute approximate surface area is 122 Å². The van der Waals surface area contributed by atoms with Crippen molar-refractivity contribution in [2.75, 3.05) is 31.1 Å². The summed E-state index contributed by atoms with van der Waals surface area (Å²) in [6.45, 7) is 4.31. The summed E-state index contributed by atoms with van der Waals surface area (Å²) >= 11 is 5.79. The van der Waals surface area contributed by atoms with Crippen molar-refractivity contribution in [1.82, 2.24) is 4.90 Å². The van der Waals surface area contributed by atoms with Gasteiger partial charge in [0.1, 0.15) is 5.38 Å². The summed E-state index contributed by atoms with van der Waals surface area (Å²) in [4.78, 5) is 25.8. The fourth-order valence-electron chi connectivity index (χ4n) is 2.22. The zero-order valence-corrected chi connectivity index (χ0v) is 11.9. The van der Waals surface area contributed by atoms with Crippen LogP contribution in [0, 0.1) is 10.1 Å². The number of hydrogen-bond acceptors (Lipinski definition) is 4. The maximum atomic E-state index is 11.8. The van der Waals surface area contributed by atoms with Gasteiger partial charge in [-0.1, -0.05) is 0 Å². The molecule has 0 aliphatic carbocycles. The Morgan fingerprint density at radius 3 is 2.25 bits per heavy atom. The van der Waals surface area contributed by atoms with E-state index >= 15 is 0 Å². The average Bonchev–Trinajstić information content (AvgIpc) is 2.46. The number of alkyl halides is 1. The smallest absolute Gasteiger partial charge is 0.269 e. The highest BCUT2D eigenvalue weighted by molar-refractivity contribution is 6.30. The number of amides is 1. The predicted octanol–water partition coefficient (Wildman–Crippen LogP) is 1.87. The van der Waals surface area contributed by atoms with Crippen LogP contribution in [-0.4, -0.2) is 47.3 Å². The molecule has 1 atom stereocenters. The van der Waals surface area contributed by atoms with Crippen molar-refractivity contribution in [1.29, 1.82) is 0 Å². The topological polar surface area (TPSA) is 66.7 Å². The highest BCUT2D eigenvalue weighted by Crippen LogP contribution is 2.20. The van der Waals surface area contributed by atoms with Crippen molar-refractivity contribution in [3.05, 3.63) is 34.4 Å². The molecule has 1 heterocycles. The highest BCUT2D eigenvalue weighted by Gasteiger charge is 2.24. The van der Waals surface area contributed by atoms with E-state index in [4.69, 9.17) is 11.6 Å². The lowest BCUT2D eigenvalue weighted by molar-refractivity contribution is -0.384. The number of rotatable bonds is 3. The summed E-state index contributed by atoms with van der Waals surface area (Å²) in [5.41, 5.74) is 1.01. The molecule has 7 heteroatoms. The standard InChI is InChI=1S/C13H16ClN3O3/c1-10(14)13(18)16-8-6-15(7-9-16)11-2-4-12(5-3-11)17(19)20/h2-5,10H,6-9H2,1H3. The van der Waals surface area contributed by atoms with Crippen LogP contribution in [0.5, 0.6) is 0 Å². The molecular formula is C13H16ClN3O3. The minimum Gasteiger partial charge on any atom is -0.368 e. The second-order valence-electron chi connectivity index (χ2n) is 4.70. The van der Waals surface area contributed by atoms with Gasteiger partial charge < -0.3 is 9.80 Å². The first-order chi connectivity index (χ1) is 9.49. The molecule has 6 nitrogen and oxygen atoms in total. The summed E-state index contributed by atoms with van der Waals surface area (Å²) in [7, 11) is 0. The van der Waals surface area contributed by atoms with Crippen LogP contribution in [0.4, 0.5) is 11.4 Å². The van der Waals surface area contributed by atoms with E-state index < -0.39 is 10.3 Å². The van der Waals surface area contributed by atoms with Gasteiger partial charge in [-0.15, -0.1) is 11.6 Å². The van der Waals surface area contributed by atoms with Crippen LogP contribution in [0.3, 0.4) is 0 Å². The van der Waals surface area contributed by atoms with Gasteiger partial charge in [0.05, 0.1) is 4.92 Å². The van der Waals surface area contributed by atoms with E-state index in [2.05, 4.69) is 4.90 Å². The molecule has 0 N–H and O–H groups in total. The van der Waals surface area contributed by atoms with Crippen LogP contribution in [0.15, 0.2) is 24.3 Å². The van der Waals surface area contributed by atoms with Crippen LogP contribution in [0.25, 0.3) is 0 Å². The van der Waals surface area contributed by atoms with E-state index in [9.17, 15) is 14.9 Å². The lowest BCUT2D eigenvalue weighted by Gasteiger charge is -2.36. The zero-order valence-electron chi connectivity index (χ0n) is 11.2. The van der Waals surface area contributed by atoms with Gasteiger partial charge in [0.2, 0.25) is 5.91 Å². The summed E-state index contributed by atoms with van der Waals surface area (Å²) in [5.74, 6) is -0.0463. The monoisotopic (exact) mass is 297 g/mol. The van der Waals surface area contributed by atoms with Crippen LogP contribution in [0.1, 0.15) is 6.92 Å². The van der Waals surface area contributed by atoms with Crippen LogP contribution >= 0.6 is 11.6 Å². The normalized spacial score (nSPS) is 16.9. The third kappa shape index (κ3) is 3.19. The number of benzene rings is 1. The minimum absolute atomic E-state index is 0.0463. The van der Waals surface area contributed by atoms with E-state index in [0.29, 0.717) is 26.2 Å². The number of anilines is 1. The van der Waals surface area contributed by atoms with E-state index in [0.717, 1.165) is 5.69 Å². The van der Waals surface area contributed by atoms with Crippen LogP contribution in [0.2, 0.25) is 0 Å². The molecule has 0 bridgehead atoms. The number of carbonyl (C=O) groups is 1. The molecule has 1 unspecified atom stereocenters. The molecule has 0 radical (unpaired) electrons. The summed E-state index contributed by atoms with van der Waals surface area (Å²) in [6.07, 6.45) is 0. The van der Waals surface area contributed by atoms with Crippen molar-refractivity contribution in [3.63, 3.8) is 0 Å². The Morgan fingerprint density at radius 2 is 1.80 bits per heavy atom. The molecule has 1 amide bonds. The summed E-state index contributed by atoms with van der Waals surface area (Å²) in [5, 5.41) is 10.1. The Hall–Kier alpha value is -1.82. The van der Waals surface area contributed by atoms with Crippen molar-refractivity contribution in [2.24, 2.45) is 0 Å². The Bertz CT molecular complexity index is 496. The van der Waals surface area contributed by atoms with Gasteiger partial charge in [-0.05, 0) is 19.1 Å². The predicted molar refractivity (Wildman–Crippen MR) is 77.2 cm³/mol. The number of hydrogen-bond donors (Lipinski definition) is 0. The maximum absolute atomic E-state index is 11.8. The molecule has 1 aliphatic rings. The van der Waals surface area contributed by atoms with Gasteiger partial charge >= 0.3 is 0 Å². The fraction of sp³-hybridized carbons (Fsp3) is 0.462. The van der Waals surface area contributed by atoms with Gasteiger partial charge in [0, 0.05) is 44.0 Å². The third-order valence-corrected chi connectivity index (χ3v) is 3.54.